The van der Waals surface area contributed by atoms with Crippen LogP contribution in [0.25, 0.3) is 0 Å². The third-order valence-electron chi connectivity index (χ3n) is 5.10. The fraction of sp³-hybridized carbons (Fsp3) is 0.565. The first kappa shape index (κ1) is 31.6. The quantitative estimate of drug-likeness (QED) is 0.120. The maximum absolute atomic E-state index is 12.5. The van der Waals surface area contributed by atoms with Crippen LogP contribution in [0, 0.1) is 12.3 Å². The van der Waals surface area contributed by atoms with Crippen molar-refractivity contribution in [3.8, 4) is 0 Å². The van der Waals surface area contributed by atoms with Crippen molar-refractivity contribution >= 4 is 34.0 Å². The van der Waals surface area contributed by atoms with Crippen molar-refractivity contribution in [1.82, 2.24) is 15.5 Å². The molecule has 1 aromatic carbocycles. The second-order valence-electron chi connectivity index (χ2n) is 9.50. The van der Waals surface area contributed by atoms with Crippen molar-refractivity contribution in [2.45, 2.75) is 76.0 Å². The number of carboxylic acid groups (broad SMARTS) is 1. The molecule has 0 radical (unpaired) electrons. The minimum Gasteiger partial charge on any atom is -0.480 e. The Morgan fingerprint density at radius 2 is 1.84 bits per heavy atom. The first-order valence-electron chi connectivity index (χ1n) is 11.7. The lowest BCUT2D eigenvalue weighted by atomic mass is 10.1. The van der Waals surface area contributed by atoms with Gasteiger partial charge in [-0.15, -0.1) is 0 Å². The Bertz CT molecular complexity index is 1050. The van der Waals surface area contributed by atoms with E-state index in [0.29, 0.717) is 32.4 Å². The summed E-state index contributed by atoms with van der Waals surface area (Å²) in [6.07, 6.45) is 1.13. The molecule has 1 fully saturated rings. The minimum absolute atomic E-state index is 0.0666. The summed E-state index contributed by atoms with van der Waals surface area (Å²) < 4.78 is 34.9. The van der Waals surface area contributed by atoms with E-state index < -0.39 is 45.8 Å². The predicted molar refractivity (Wildman–Crippen MR) is 136 cm³/mol. The monoisotopic (exact) mass is 543 g/mol. The molecule has 1 aliphatic heterocycles. The summed E-state index contributed by atoms with van der Waals surface area (Å²) >= 11 is 0. The average Bonchev–Trinajstić information content (AvgIpc) is 3.25. The van der Waals surface area contributed by atoms with Gasteiger partial charge < -0.3 is 26.2 Å². The number of carbonyl (C=O) groups excluding carboxylic acids is 2. The second kappa shape index (κ2) is 13.8. The molecule has 2 rings (SSSR count). The smallest absolute Gasteiger partial charge is 0.410 e. The van der Waals surface area contributed by atoms with Gasteiger partial charge >= 0.3 is 12.1 Å². The first-order chi connectivity index (χ1) is 17.0. The maximum atomic E-state index is 12.5. The highest BCUT2D eigenvalue weighted by atomic mass is 32.2. The van der Waals surface area contributed by atoms with Crippen LogP contribution >= 0.6 is 0 Å². The number of likely N-dealkylation sites (tertiary alicyclic amines) is 1. The standard InChI is InChI=1S/C16H29N5O5.C7H8O3S/c1-16(2,3)26-15(25)21-9-5-7-11(21)12(22)20-10(13(23)24)6-4-8-19-14(17)18;1-6-2-4-7(5-3-6)11(8,9)10/h10-11H,4-9H2,1-3H3,(H,20,22)(H,23,24)(H4,17,18,19);2-5H,1H3,(H,8,9,10)/t10-,11-;/m0./s1. The van der Waals surface area contributed by atoms with Crippen LogP contribution in [0.2, 0.25) is 0 Å². The van der Waals surface area contributed by atoms with E-state index in [1.54, 1.807) is 32.9 Å². The molecule has 1 aliphatic rings. The number of aliphatic carboxylic acids is 1. The Kier molecular flexibility index (Phi) is 11.8. The Morgan fingerprint density at radius 1 is 1.24 bits per heavy atom. The molecule has 1 heterocycles. The number of guanidine groups is 1. The van der Waals surface area contributed by atoms with Gasteiger partial charge in [-0.3, -0.25) is 19.7 Å². The average molecular weight is 544 g/mol. The number of rotatable bonds is 8. The Balaban J connectivity index is 0.000000516. The molecule has 0 spiro atoms. The van der Waals surface area contributed by atoms with Crippen molar-refractivity contribution in [3.05, 3.63) is 29.8 Å². The van der Waals surface area contributed by atoms with Gasteiger partial charge in [0.25, 0.3) is 10.1 Å². The lowest BCUT2D eigenvalue weighted by molar-refractivity contribution is -0.142. The second-order valence-corrected chi connectivity index (χ2v) is 10.9. The number of carboxylic acids is 1. The number of carbonyl (C=O) groups is 3. The van der Waals surface area contributed by atoms with Crippen LogP contribution in [0.5, 0.6) is 0 Å². The summed E-state index contributed by atoms with van der Waals surface area (Å²) in [5.74, 6) is -1.84. The van der Waals surface area contributed by atoms with Gasteiger partial charge in [-0.2, -0.15) is 8.42 Å². The van der Waals surface area contributed by atoms with Crippen LogP contribution in [0.1, 0.15) is 52.0 Å². The predicted octanol–water partition coefficient (Wildman–Crippen LogP) is 1.46. The fourth-order valence-electron chi connectivity index (χ4n) is 3.34. The first-order valence-corrected chi connectivity index (χ1v) is 13.1. The molecule has 37 heavy (non-hydrogen) atoms. The van der Waals surface area contributed by atoms with E-state index in [4.69, 9.17) is 20.4 Å². The van der Waals surface area contributed by atoms with Gasteiger partial charge in [-0.25, -0.2) is 9.59 Å². The van der Waals surface area contributed by atoms with E-state index in [0.717, 1.165) is 5.56 Å². The molecule has 0 aromatic heterocycles. The van der Waals surface area contributed by atoms with Gasteiger partial charge in [0.05, 0.1) is 4.90 Å². The number of nitrogens with one attached hydrogen (secondary N) is 3. The molecular weight excluding hydrogens is 506 g/mol. The number of amides is 2. The fourth-order valence-corrected chi connectivity index (χ4v) is 3.82. The van der Waals surface area contributed by atoms with Crippen LogP contribution in [0.15, 0.2) is 29.2 Å². The molecule has 13 nitrogen and oxygen atoms in total. The molecule has 2 amide bonds. The summed E-state index contributed by atoms with van der Waals surface area (Å²) in [5, 5.41) is 21.4. The highest BCUT2D eigenvalue weighted by molar-refractivity contribution is 7.85. The highest BCUT2D eigenvalue weighted by Crippen LogP contribution is 2.21. The molecule has 0 bridgehead atoms. The van der Waals surface area contributed by atoms with E-state index >= 15 is 0 Å². The molecule has 0 saturated carbocycles. The van der Waals surface area contributed by atoms with Crippen molar-refractivity contribution in [2.75, 3.05) is 13.1 Å². The summed E-state index contributed by atoms with van der Waals surface area (Å²) in [5.41, 5.74) is 5.44. The van der Waals surface area contributed by atoms with Crippen molar-refractivity contribution in [2.24, 2.45) is 5.73 Å². The number of nitrogens with two attached hydrogens (primary N) is 1. The number of hydrogen-bond acceptors (Lipinski definition) is 7. The molecular formula is C23H37N5O8S. The van der Waals surface area contributed by atoms with E-state index in [1.807, 2.05) is 6.92 Å². The zero-order chi connectivity index (χ0) is 28.4. The van der Waals surface area contributed by atoms with E-state index in [1.165, 1.54) is 17.0 Å². The molecule has 0 unspecified atom stereocenters. The number of aryl methyl sites for hydroxylation is 1. The topological polar surface area (TPSA) is 212 Å². The van der Waals surface area contributed by atoms with E-state index in [9.17, 15) is 27.9 Å². The van der Waals surface area contributed by atoms with E-state index in [-0.39, 0.29) is 17.3 Å². The number of ether oxygens (including phenoxy) is 1. The maximum Gasteiger partial charge on any atom is 0.410 e. The zero-order valence-corrected chi connectivity index (χ0v) is 22.3. The summed E-state index contributed by atoms with van der Waals surface area (Å²) in [6, 6.07) is 4.18. The molecule has 7 N–H and O–H groups in total. The van der Waals surface area contributed by atoms with Crippen molar-refractivity contribution < 1.29 is 37.2 Å². The molecule has 0 aliphatic carbocycles. The van der Waals surface area contributed by atoms with Gasteiger partial charge in [0.1, 0.15) is 17.7 Å². The Labute approximate surface area is 217 Å². The van der Waals surface area contributed by atoms with E-state index in [2.05, 4.69) is 10.6 Å². The minimum atomic E-state index is -4.02. The number of nitrogens with zero attached hydrogens (tertiary/aromatic N) is 1. The SMILES string of the molecule is CC(C)(C)OC(=O)N1CCC[C@H]1C(=O)N[C@@H](CCCNC(=N)N)C(=O)O.Cc1ccc(S(=O)(=O)O)cc1. The van der Waals surface area contributed by atoms with Crippen LogP contribution in [-0.4, -0.2) is 77.7 Å². The van der Waals surface area contributed by atoms with Crippen LogP contribution in [0.3, 0.4) is 0 Å². The van der Waals surface area contributed by atoms with Crippen LogP contribution < -0.4 is 16.4 Å². The third-order valence-corrected chi connectivity index (χ3v) is 5.97. The van der Waals surface area contributed by atoms with Crippen LogP contribution in [-0.2, 0) is 24.4 Å². The summed E-state index contributed by atoms with van der Waals surface area (Å²) in [4.78, 5) is 37.4. The van der Waals surface area contributed by atoms with Crippen molar-refractivity contribution in [3.63, 3.8) is 0 Å². The Hall–Kier alpha value is -3.39. The number of hydrogen-bond donors (Lipinski definition) is 6. The summed E-state index contributed by atoms with van der Waals surface area (Å²) in [6.45, 7) is 7.80. The normalized spacial score (nSPS) is 16.1. The Morgan fingerprint density at radius 3 is 2.32 bits per heavy atom. The lowest BCUT2D eigenvalue weighted by Crippen LogP contribution is -2.51. The molecule has 1 saturated heterocycles. The van der Waals surface area contributed by atoms with Crippen molar-refractivity contribution in [1.29, 1.82) is 5.41 Å². The third kappa shape index (κ3) is 11.9. The molecule has 14 heteroatoms. The van der Waals surface area contributed by atoms with Gasteiger partial charge in [0.2, 0.25) is 5.91 Å². The lowest BCUT2D eigenvalue weighted by Gasteiger charge is -2.28. The summed E-state index contributed by atoms with van der Waals surface area (Å²) in [7, 11) is -4.02. The van der Waals surface area contributed by atoms with Gasteiger partial charge in [-0.05, 0) is 65.5 Å². The highest BCUT2D eigenvalue weighted by Gasteiger charge is 2.37. The molecule has 208 valence electrons. The zero-order valence-electron chi connectivity index (χ0n) is 21.5. The number of benzene rings is 1. The van der Waals surface area contributed by atoms with Crippen LogP contribution in [0.4, 0.5) is 4.79 Å². The van der Waals surface area contributed by atoms with Gasteiger partial charge in [0, 0.05) is 13.1 Å². The molecule has 1 aromatic rings. The molecule has 2 atom stereocenters. The largest absolute Gasteiger partial charge is 0.480 e. The van der Waals surface area contributed by atoms with Gasteiger partial charge in [-0.1, -0.05) is 17.7 Å². The van der Waals surface area contributed by atoms with Gasteiger partial charge in [0.15, 0.2) is 5.96 Å².